The van der Waals surface area contributed by atoms with Gasteiger partial charge in [-0.15, -0.1) is 0 Å². The minimum atomic E-state index is -0.487. The Balaban J connectivity index is 5.80. The first-order valence-corrected chi connectivity index (χ1v) is 48.8. The number of carbonyl (C=O) groups excluding carboxylic acids is 4. The summed E-state index contributed by atoms with van der Waals surface area (Å²) >= 11 is 0. The molecular formula is C98H194N4O8. The molecule has 0 aromatic heterocycles. The molecule has 2 N–H and O–H groups in total. The molecule has 654 valence electrons. The van der Waals surface area contributed by atoms with Crippen LogP contribution >= 0.6 is 0 Å². The van der Waals surface area contributed by atoms with Crippen molar-refractivity contribution in [3.8, 4) is 0 Å². The summed E-state index contributed by atoms with van der Waals surface area (Å²) in [6, 6.07) is 0. The molecule has 12 nitrogen and oxygen atoms in total. The van der Waals surface area contributed by atoms with Crippen molar-refractivity contribution in [3.63, 3.8) is 0 Å². The molecule has 0 unspecified atom stereocenters. The Labute approximate surface area is 686 Å². The molecular weight excluding hydrogens is 1360 g/mol. The van der Waals surface area contributed by atoms with Gasteiger partial charge in [-0.1, -0.05) is 324 Å². The number of nitrogens with zero attached hydrogens (tertiary/aromatic N) is 2. The highest BCUT2D eigenvalue weighted by Crippen LogP contribution is 2.32. The number of unbranched alkanes of at least 4 members (excludes halogenated alkanes) is 44. The van der Waals surface area contributed by atoms with E-state index >= 15 is 0 Å². The number of esters is 4. The van der Waals surface area contributed by atoms with E-state index in [9.17, 15) is 19.2 Å². The molecule has 0 amide bonds. The topological polar surface area (TPSA) is 136 Å². The summed E-state index contributed by atoms with van der Waals surface area (Å²) in [6.45, 7) is 41.3. The van der Waals surface area contributed by atoms with Crippen LogP contribution in [0.3, 0.4) is 0 Å². The highest BCUT2D eigenvalue weighted by Gasteiger charge is 2.34. The second-order valence-corrected chi connectivity index (χ2v) is 37.2. The first-order chi connectivity index (χ1) is 53.2. The lowest BCUT2D eigenvalue weighted by atomic mass is 9.86. The lowest BCUT2D eigenvalue weighted by molar-refractivity contribution is -0.161. The zero-order valence-electron chi connectivity index (χ0n) is 76.6. The molecule has 0 aliphatic heterocycles. The van der Waals surface area contributed by atoms with Crippen molar-refractivity contribution in [2.24, 2.45) is 21.7 Å². The lowest BCUT2D eigenvalue weighted by Gasteiger charge is -2.27. The van der Waals surface area contributed by atoms with E-state index in [4.69, 9.17) is 18.9 Å². The van der Waals surface area contributed by atoms with E-state index in [1.54, 1.807) is 0 Å². The minimum Gasteiger partial charge on any atom is -0.465 e. The van der Waals surface area contributed by atoms with E-state index in [0.717, 1.165) is 245 Å². The zero-order valence-corrected chi connectivity index (χ0v) is 76.6. The van der Waals surface area contributed by atoms with Crippen molar-refractivity contribution in [3.05, 3.63) is 0 Å². The normalized spacial score (nSPS) is 12.4. The van der Waals surface area contributed by atoms with Crippen LogP contribution in [-0.2, 0) is 38.1 Å². The largest absolute Gasteiger partial charge is 0.465 e. The van der Waals surface area contributed by atoms with Gasteiger partial charge in [0.25, 0.3) is 0 Å². The molecule has 0 aliphatic rings. The maximum Gasteiger partial charge on any atom is 0.311 e. The predicted octanol–water partition coefficient (Wildman–Crippen LogP) is 28.1. The Morgan fingerprint density at radius 2 is 0.436 bits per heavy atom. The fraction of sp³-hybridized carbons (Fsp3) is 0.959. The predicted molar refractivity (Wildman–Crippen MR) is 476 cm³/mol. The smallest absolute Gasteiger partial charge is 0.311 e. The van der Waals surface area contributed by atoms with Crippen LogP contribution in [0.4, 0.5) is 0 Å². The SMILES string of the molecule is CCCCCCCCCCCOC(=O)C(C)(C)CCCCN(CCCCCCC(C)(C)C(=O)OC(CCCCCCCC)CCCCCCCC)CCNCCNCCN(CCCCCCC(C)(C)C(=O)OC(CCCCCCCC)CCCCCCCC)CCCCC(C)(C)C(=O)OCCCCCCCCCCC. The van der Waals surface area contributed by atoms with E-state index in [2.05, 4.69) is 117 Å². The van der Waals surface area contributed by atoms with Crippen molar-refractivity contribution in [1.29, 1.82) is 0 Å². The minimum absolute atomic E-state index is 0.00254. The molecule has 12 heteroatoms. The first-order valence-electron chi connectivity index (χ1n) is 48.8. The highest BCUT2D eigenvalue weighted by atomic mass is 16.6. The molecule has 0 heterocycles. The van der Waals surface area contributed by atoms with Crippen LogP contribution in [-0.4, -0.2) is 125 Å². The standard InChI is InChI=1S/C98H194N4O8/c1-15-21-27-33-39-41-43-53-67-87-107-91(103)95(7,8)75-61-65-83-101(81-63-51-49-59-73-97(11,12)93(105)109-89(69-55-45-35-29-23-17-3)70-56-46-36-30-24-18-4)85-79-99-77-78-100-80-86-102(84-66-62-76-96(9,10)92(104)108-88-68-54-44-42-40-34-28-22-16-2)82-64-52-50-60-74-98(13,14)94(106)110-90(71-57-47-37-31-25-19-5)72-58-48-38-32-26-20-6/h89-90,99-100H,15-88H2,1-14H3. The van der Waals surface area contributed by atoms with Crippen molar-refractivity contribution in [1.82, 2.24) is 20.4 Å². The second-order valence-electron chi connectivity index (χ2n) is 37.2. The molecule has 0 saturated carbocycles. The van der Waals surface area contributed by atoms with Crippen LogP contribution in [0.15, 0.2) is 0 Å². The van der Waals surface area contributed by atoms with Crippen LogP contribution in [0.25, 0.3) is 0 Å². The van der Waals surface area contributed by atoms with Crippen LogP contribution in [0, 0.1) is 21.7 Å². The summed E-state index contributed by atoms with van der Waals surface area (Å²) in [7, 11) is 0. The van der Waals surface area contributed by atoms with E-state index < -0.39 is 21.7 Å². The summed E-state index contributed by atoms with van der Waals surface area (Å²) in [4.78, 5) is 59.7. The summed E-state index contributed by atoms with van der Waals surface area (Å²) in [6.07, 6.45) is 73.3. The Kier molecular flexibility index (Phi) is 73.9. The average Bonchev–Trinajstić information content (AvgIpc) is 0.885. The Morgan fingerprint density at radius 3 is 0.700 bits per heavy atom. The maximum absolute atomic E-state index is 13.8. The van der Waals surface area contributed by atoms with E-state index in [1.807, 2.05) is 0 Å². The Hall–Kier alpha value is -2.28. The Morgan fingerprint density at radius 1 is 0.236 bits per heavy atom. The van der Waals surface area contributed by atoms with Crippen LogP contribution in [0.5, 0.6) is 0 Å². The molecule has 0 radical (unpaired) electrons. The summed E-state index contributed by atoms with van der Waals surface area (Å²) in [5, 5.41) is 7.58. The zero-order chi connectivity index (χ0) is 81.2. The molecule has 0 aromatic carbocycles. The number of carbonyl (C=O) groups is 4. The third-order valence-electron chi connectivity index (χ3n) is 24.0. The first kappa shape index (κ1) is 108. The summed E-state index contributed by atoms with van der Waals surface area (Å²) in [5.74, 6) is -0.0889. The molecule has 0 spiro atoms. The quantitative estimate of drug-likeness (QED) is 0.0341. The molecule has 0 fully saturated rings. The monoisotopic (exact) mass is 1560 g/mol. The van der Waals surface area contributed by atoms with Gasteiger partial charge in [-0.3, -0.25) is 19.2 Å². The molecule has 0 saturated heterocycles. The number of nitrogens with one attached hydrogen (secondary N) is 2. The Bertz CT molecular complexity index is 1860. The molecule has 0 bridgehead atoms. The number of ether oxygens (including phenoxy) is 4. The fourth-order valence-corrected chi connectivity index (χ4v) is 15.6. The third-order valence-corrected chi connectivity index (χ3v) is 24.0. The average molecular weight is 1560 g/mol. The molecule has 0 rings (SSSR count). The van der Waals surface area contributed by atoms with Gasteiger partial charge in [-0.25, -0.2) is 0 Å². The van der Waals surface area contributed by atoms with Crippen molar-refractivity contribution >= 4 is 23.9 Å². The molecule has 110 heavy (non-hydrogen) atoms. The van der Waals surface area contributed by atoms with Gasteiger partial charge in [0.2, 0.25) is 0 Å². The van der Waals surface area contributed by atoms with Crippen LogP contribution in [0.1, 0.15) is 495 Å². The van der Waals surface area contributed by atoms with E-state index in [1.165, 1.54) is 218 Å². The number of hydrogen-bond donors (Lipinski definition) is 2. The van der Waals surface area contributed by atoms with Crippen molar-refractivity contribution in [2.45, 2.75) is 507 Å². The molecule has 0 aromatic rings. The van der Waals surface area contributed by atoms with E-state index in [-0.39, 0.29) is 36.1 Å². The fourth-order valence-electron chi connectivity index (χ4n) is 15.6. The molecule has 0 atom stereocenters. The third kappa shape index (κ3) is 65.8. The van der Waals surface area contributed by atoms with Crippen molar-refractivity contribution in [2.75, 3.05) is 78.7 Å². The van der Waals surface area contributed by atoms with E-state index in [0.29, 0.717) is 13.2 Å². The second kappa shape index (κ2) is 75.5. The number of hydrogen-bond acceptors (Lipinski definition) is 12. The maximum atomic E-state index is 13.8. The van der Waals surface area contributed by atoms with Gasteiger partial charge >= 0.3 is 23.9 Å². The summed E-state index contributed by atoms with van der Waals surface area (Å²) < 4.78 is 24.6. The van der Waals surface area contributed by atoms with Gasteiger partial charge in [-0.2, -0.15) is 0 Å². The van der Waals surface area contributed by atoms with Gasteiger partial charge in [-0.05, 0) is 197 Å². The number of rotatable bonds is 87. The summed E-state index contributed by atoms with van der Waals surface area (Å²) in [5.41, 5.74) is -1.93. The highest BCUT2D eigenvalue weighted by molar-refractivity contribution is 5.77. The van der Waals surface area contributed by atoms with Crippen molar-refractivity contribution < 1.29 is 38.1 Å². The molecule has 0 aliphatic carbocycles. The van der Waals surface area contributed by atoms with Gasteiger partial charge in [0.05, 0.1) is 34.9 Å². The van der Waals surface area contributed by atoms with Crippen LogP contribution in [0.2, 0.25) is 0 Å². The van der Waals surface area contributed by atoms with Crippen LogP contribution < -0.4 is 10.6 Å². The van der Waals surface area contributed by atoms with Gasteiger partial charge in [0.1, 0.15) is 12.2 Å². The van der Waals surface area contributed by atoms with Gasteiger partial charge < -0.3 is 39.4 Å². The lowest BCUT2D eigenvalue weighted by Crippen LogP contribution is -2.38. The van der Waals surface area contributed by atoms with Gasteiger partial charge in [0, 0.05) is 39.3 Å². The van der Waals surface area contributed by atoms with Gasteiger partial charge in [0.15, 0.2) is 0 Å².